The molecule has 8 heteroatoms. The molecule has 2 aromatic carbocycles. The summed E-state index contributed by atoms with van der Waals surface area (Å²) in [5, 5.41) is 1.31. The monoisotopic (exact) mass is 522 g/mol. The molecule has 3 rings (SSSR count). The van der Waals surface area contributed by atoms with Crippen molar-refractivity contribution in [1.82, 2.24) is 4.90 Å². The highest BCUT2D eigenvalue weighted by Gasteiger charge is 2.33. The van der Waals surface area contributed by atoms with Crippen molar-refractivity contribution < 1.29 is 14.3 Å². The Morgan fingerprint density at radius 3 is 2.35 bits per heavy atom. The highest BCUT2D eigenvalue weighted by atomic mass is 79.9. The fraction of sp³-hybridized carbons (Fsp3) is 0.304. The van der Waals surface area contributed by atoms with Crippen LogP contribution in [0.25, 0.3) is 6.08 Å². The third-order valence-corrected chi connectivity index (χ3v) is 6.28. The first-order chi connectivity index (χ1) is 15.0. The Kier molecular flexibility index (Phi) is 8.46. The second-order valence-corrected chi connectivity index (χ2v) is 8.92. The minimum Gasteiger partial charge on any atom is -0.490 e. The standard InChI is InChI=1S/C23H24BrClN2O3S/c1-4-11-27-22(28)21(31-23(27)26-17-9-7-16(25)8-10-17)13-15-12-19(29-5-2)20(30-6-3)14-18(15)24/h7-10,12-14H,4-6,11H2,1-3H3/b21-13-,26-23?. The molecule has 2 aromatic rings. The van der Waals surface area contributed by atoms with Crippen LogP contribution in [0.4, 0.5) is 5.69 Å². The van der Waals surface area contributed by atoms with E-state index in [2.05, 4.69) is 20.9 Å². The topological polar surface area (TPSA) is 51.1 Å². The third kappa shape index (κ3) is 5.84. The quantitative estimate of drug-likeness (QED) is 0.353. The smallest absolute Gasteiger partial charge is 0.266 e. The maximum atomic E-state index is 13.1. The van der Waals surface area contributed by atoms with E-state index in [9.17, 15) is 4.79 Å². The van der Waals surface area contributed by atoms with Gasteiger partial charge in [0.05, 0.1) is 23.8 Å². The van der Waals surface area contributed by atoms with Crippen LogP contribution in [0.1, 0.15) is 32.8 Å². The summed E-state index contributed by atoms with van der Waals surface area (Å²) in [6.45, 7) is 7.55. The summed E-state index contributed by atoms with van der Waals surface area (Å²) < 4.78 is 12.2. The first-order valence-electron chi connectivity index (χ1n) is 10.1. The fourth-order valence-corrected chi connectivity index (χ4v) is 4.56. The zero-order valence-electron chi connectivity index (χ0n) is 17.7. The van der Waals surface area contributed by atoms with Crippen molar-refractivity contribution in [1.29, 1.82) is 0 Å². The maximum Gasteiger partial charge on any atom is 0.266 e. The number of carbonyl (C=O) groups excluding carboxylic acids is 1. The van der Waals surface area contributed by atoms with Gasteiger partial charge in [0.1, 0.15) is 0 Å². The molecule has 1 aliphatic rings. The lowest BCUT2D eigenvalue weighted by Gasteiger charge is -2.14. The lowest BCUT2D eigenvalue weighted by Crippen LogP contribution is -2.29. The SMILES string of the molecule is CCCN1C(=O)/C(=C/c2cc(OCC)c(OCC)cc2Br)SC1=Nc1ccc(Cl)cc1. The second-order valence-electron chi connectivity index (χ2n) is 6.62. The average molecular weight is 524 g/mol. The van der Waals surface area contributed by atoms with Crippen LogP contribution in [-0.4, -0.2) is 35.7 Å². The number of carbonyl (C=O) groups is 1. The molecule has 0 radical (unpaired) electrons. The van der Waals surface area contributed by atoms with Crippen molar-refractivity contribution in [3.05, 3.63) is 56.4 Å². The number of thioether (sulfide) groups is 1. The minimum atomic E-state index is -0.0571. The number of nitrogens with zero attached hydrogens (tertiary/aromatic N) is 2. The molecule has 1 saturated heterocycles. The summed E-state index contributed by atoms with van der Waals surface area (Å²) in [5.41, 5.74) is 1.59. The Morgan fingerprint density at radius 2 is 1.74 bits per heavy atom. The summed E-state index contributed by atoms with van der Waals surface area (Å²) in [6.07, 6.45) is 2.70. The molecule has 1 heterocycles. The molecule has 0 aromatic heterocycles. The summed E-state index contributed by atoms with van der Waals surface area (Å²) in [6, 6.07) is 11.0. The summed E-state index contributed by atoms with van der Waals surface area (Å²) in [7, 11) is 0. The summed E-state index contributed by atoms with van der Waals surface area (Å²) >= 11 is 10.9. The van der Waals surface area contributed by atoms with Gasteiger partial charge in [0, 0.05) is 16.0 Å². The molecule has 0 bridgehead atoms. The molecule has 0 spiro atoms. The van der Waals surface area contributed by atoms with Gasteiger partial charge in [-0.3, -0.25) is 9.69 Å². The molecular weight excluding hydrogens is 500 g/mol. The second kappa shape index (κ2) is 11.1. The van der Waals surface area contributed by atoms with Gasteiger partial charge in [0.15, 0.2) is 16.7 Å². The summed E-state index contributed by atoms with van der Waals surface area (Å²) in [4.78, 5) is 20.1. The van der Waals surface area contributed by atoms with Gasteiger partial charge < -0.3 is 9.47 Å². The van der Waals surface area contributed by atoms with Crippen LogP contribution in [0, 0.1) is 0 Å². The van der Waals surface area contributed by atoms with Crippen LogP contribution in [0.3, 0.4) is 0 Å². The third-order valence-electron chi connectivity index (χ3n) is 4.34. The summed E-state index contributed by atoms with van der Waals surface area (Å²) in [5.74, 6) is 1.26. The molecule has 0 atom stereocenters. The van der Waals surface area contributed by atoms with E-state index in [1.807, 2.05) is 51.1 Å². The van der Waals surface area contributed by atoms with Crippen molar-refractivity contribution >= 4 is 62.1 Å². The Morgan fingerprint density at radius 1 is 1.10 bits per heavy atom. The predicted octanol–water partition coefficient (Wildman–Crippen LogP) is 6.91. The van der Waals surface area contributed by atoms with Crippen LogP contribution >= 0.6 is 39.3 Å². The van der Waals surface area contributed by atoms with E-state index >= 15 is 0 Å². The van der Waals surface area contributed by atoms with Crippen LogP contribution in [0.2, 0.25) is 5.02 Å². The maximum absolute atomic E-state index is 13.1. The molecular formula is C23H24BrClN2O3S. The highest BCUT2D eigenvalue weighted by molar-refractivity contribution is 9.10. The van der Waals surface area contributed by atoms with Crippen LogP contribution in [0.5, 0.6) is 11.5 Å². The number of amides is 1. The van der Waals surface area contributed by atoms with Gasteiger partial charge in [-0.15, -0.1) is 0 Å². The molecule has 1 aliphatic heterocycles. The number of halogens is 2. The Labute approximate surface area is 200 Å². The van der Waals surface area contributed by atoms with Crippen molar-refractivity contribution in [2.24, 2.45) is 4.99 Å². The fourth-order valence-electron chi connectivity index (χ4n) is 2.98. The largest absolute Gasteiger partial charge is 0.490 e. The van der Waals surface area contributed by atoms with E-state index in [1.165, 1.54) is 11.8 Å². The molecule has 0 N–H and O–H groups in total. The van der Waals surface area contributed by atoms with E-state index in [1.54, 1.807) is 17.0 Å². The van der Waals surface area contributed by atoms with Crippen LogP contribution in [-0.2, 0) is 4.79 Å². The first-order valence-corrected chi connectivity index (χ1v) is 12.1. The van der Waals surface area contributed by atoms with Crippen molar-refractivity contribution in [3.8, 4) is 11.5 Å². The van der Waals surface area contributed by atoms with Gasteiger partial charge in [0.25, 0.3) is 5.91 Å². The molecule has 0 saturated carbocycles. The number of ether oxygens (including phenoxy) is 2. The Hall–Kier alpha value is -1.96. The van der Waals surface area contributed by atoms with E-state index in [0.29, 0.717) is 46.4 Å². The van der Waals surface area contributed by atoms with Crippen molar-refractivity contribution in [2.45, 2.75) is 27.2 Å². The number of hydrogen-bond acceptors (Lipinski definition) is 5. The Bertz CT molecular complexity index is 1010. The van der Waals surface area contributed by atoms with E-state index in [4.69, 9.17) is 21.1 Å². The van der Waals surface area contributed by atoms with Crippen LogP contribution in [0.15, 0.2) is 50.8 Å². The lowest BCUT2D eigenvalue weighted by atomic mass is 10.1. The highest BCUT2D eigenvalue weighted by Crippen LogP contribution is 2.39. The van der Waals surface area contributed by atoms with Crippen LogP contribution < -0.4 is 9.47 Å². The van der Waals surface area contributed by atoms with Crippen molar-refractivity contribution in [3.63, 3.8) is 0 Å². The van der Waals surface area contributed by atoms with E-state index in [0.717, 1.165) is 22.1 Å². The van der Waals surface area contributed by atoms with Gasteiger partial charge in [-0.1, -0.05) is 34.5 Å². The first kappa shape index (κ1) is 23.7. The van der Waals surface area contributed by atoms with E-state index < -0.39 is 0 Å². The average Bonchev–Trinajstić information content (AvgIpc) is 3.02. The number of aliphatic imine (C=N–C) groups is 1. The zero-order valence-corrected chi connectivity index (χ0v) is 20.8. The molecule has 5 nitrogen and oxygen atoms in total. The number of benzene rings is 2. The van der Waals surface area contributed by atoms with Gasteiger partial charge in [-0.2, -0.15) is 0 Å². The molecule has 1 amide bonds. The predicted molar refractivity (Wildman–Crippen MR) is 133 cm³/mol. The normalized spacial score (nSPS) is 16.4. The number of hydrogen-bond donors (Lipinski definition) is 0. The number of rotatable bonds is 8. The Balaban J connectivity index is 1.97. The molecule has 0 aliphatic carbocycles. The molecule has 0 unspecified atom stereocenters. The van der Waals surface area contributed by atoms with Gasteiger partial charge in [0.2, 0.25) is 0 Å². The van der Waals surface area contributed by atoms with Gasteiger partial charge >= 0.3 is 0 Å². The molecule has 164 valence electrons. The van der Waals surface area contributed by atoms with Gasteiger partial charge in [-0.25, -0.2) is 4.99 Å². The lowest BCUT2D eigenvalue weighted by molar-refractivity contribution is -0.122. The minimum absolute atomic E-state index is 0.0571. The molecule has 31 heavy (non-hydrogen) atoms. The zero-order chi connectivity index (χ0) is 22.4. The van der Waals surface area contributed by atoms with Gasteiger partial charge in [-0.05, 0) is 80.1 Å². The molecule has 1 fully saturated rings. The number of amidine groups is 1. The van der Waals surface area contributed by atoms with E-state index in [-0.39, 0.29) is 5.91 Å². The van der Waals surface area contributed by atoms with Crippen molar-refractivity contribution in [2.75, 3.05) is 19.8 Å².